The third-order valence-corrected chi connectivity index (χ3v) is 2.92. The van der Waals surface area contributed by atoms with Crippen LogP contribution in [-0.4, -0.2) is 20.9 Å². The van der Waals surface area contributed by atoms with Gasteiger partial charge in [0, 0.05) is 12.0 Å². The lowest BCUT2D eigenvalue weighted by Crippen LogP contribution is -2.21. The molecular weight excluding hydrogens is 235 g/mol. The highest BCUT2D eigenvalue weighted by Crippen LogP contribution is 2.29. The second kappa shape index (κ2) is 4.38. The van der Waals surface area contributed by atoms with E-state index < -0.39 is 0 Å². The maximum Gasteiger partial charge on any atom is 0.164 e. The van der Waals surface area contributed by atoms with Gasteiger partial charge in [-0.2, -0.15) is 5.10 Å². The van der Waals surface area contributed by atoms with Crippen molar-refractivity contribution in [1.29, 1.82) is 0 Å². The minimum atomic E-state index is -0.232. The first-order valence-electron chi connectivity index (χ1n) is 5.78. The van der Waals surface area contributed by atoms with Crippen molar-refractivity contribution in [2.45, 2.75) is 25.6 Å². The van der Waals surface area contributed by atoms with E-state index >= 15 is 0 Å². The first kappa shape index (κ1) is 11.2. The molecule has 0 saturated heterocycles. The predicted octanol–water partition coefficient (Wildman–Crippen LogP) is 0.880. The van der Waals surface area contributed by atoms with E-state index in [0.29, 0.717) is 25.3 Å². The topological polar surface area (TPSA) is 66.0 Å². The summed E-state index contributed by atoms with van der Waals surface area (Å²) in [6.07, 6.45) is 2.29. The van der Waals surface area contributed by atoms with E-state index in [-0.39, 0.29) is 11.9 Å². The minimum absolute atomic E-state index is 0.0332. The zero-order valence-corrected chi connectivity index (χ0v) is 9.71. The van der Waals surface area contributed by atoms with Gasteiger partial charge in [0.1, 0.15) is 24.0 Å². The maximum absolute atomic E-state index is 13.1. The molecule has 3 rings (SSSR count). The smallest absolute Gasteiger partial charge is 0.164 e. The van der Waals surface area contributed by atoms with Crippen LogP contribution in [0.5, 0.6) is 5.75 Å². The Morgan fingerprint density at radius 1 is 1.50 bits per heavy atom. The average molecular weight is 248 g/mol. The summed E-state index contributed by atoms with van der Waals surface area (Å²) in [6, 6.07) is 4.59. The predicted molar refractivity (Wildman–Crippen MR) is 62.4 cm³/mol. The van der Waals surface area contributed by atoms with E-state index in [9.17, 15) is 4.39 Å². The van der Waals surface area contributed by atoms with Crippen molar-refractivity contribution in [3.8, 4) is 5.75 Å². The van der Waals surface area contributed by atoms with Crippen molar-refractivity contribution >= 4 is 0 Å². The molecule has 1 unspecified atom stereocenters. The summed E-state index contributed by atoms with van der Waals surface area (Å²) < 4.78 is 20.5. The lowest BCUT2D eigenvalue weighted by Gasteiger charge is -2.09. The maximum atomic E-state index is 13.1. The Labute approximate surface area is 103 Å². The number of benzene rings is 1. The van der Waals surface area contributed by atoms with Gasteiger partial charge < -0.3 is 10.5 Å². The average Bonchev–Trinajstić information content (AvgIpc) is 2.95. The quantitative estimate of drug-likeness (QED) is 0.875. The zero-order valence-electron chi connectivity index (χ0n) is 9.71. The summed E-state index contributed by atoms with van der Waals surface area (Å²) in [7, 11) is 0. The Balaban J connectivity index is 1.70. The van der Waals surface area contributed by atoms with E-state index in [1.54, 1.807) is 17.1 Å². The van der Waals surface area contributed by atoms with Gasteiger partial charge in [0.25, 0.3) is 0 Å². The lowest BCUT2D eigenvalue weighted by atomic mass is 10.1. The van der Waals surface area contributed by atoms with Gasteiger partial charge in [-0.3, -0.25) is 0 Å². The van der Waals surface area contributed by atoms with E-state index in [1.807, 2.05) is 0 Å². The van der Waals surface area contributed by atoms with Gasteiger partial charge in [0.15, 0.2) is 5.82 Å². The highest BCUT2D eigenvalue weighted by atomic mass is 19.1. The summed E-state index contributed by atoms with van der Waals surface area (Å²) in [4.78, 5) is 4.05. The first-order valence-corrected chi connectivity index (χ1v) is 5.78. The van der Waals surface area contributed by atoms with Crippen molar-refractivity contribution in [3.63, 3.8) is 0 Å². The Morgan fingerprint density at radius 3 is 3.17 bits per heavy atom. The normalized spacial score (nSPS) is 17.6. The van der Waals surface area contributed by atoms with Crippen molar-refractivity contribution in [2.75, 3.05) is 0 Å². The van der Waals surface area contributed by atoms with Crippen LogP contribution in [0.25, 0.3) is 0 Å². The number of hydrogen-bond acceptors (Lipinski definition) is 4. The molecule has 0 radical (unpaired) electrons. The molecule has 2 N–H and O–H groups in total. The van der Waals surface area contributed by atoms with Gasteiger partial charge in [-0.25, -0.2) is 14.1 Å². The Morgan fingerprint density at radius 2 is 2.39 bits per heavy atom. The highest BCUT2D eigenvalue weighted by molar-refractivity contribution is 5.37. The second-order valence-corrected chi connectivity index (χ2v) is 4.28. The second-order valence-electron chi connectivity index (χ2n) is 4.28. The SMILES string of the molecule is NCc1ncn(CC2Cc3cc(F)ccc3O2)n1. The molecule has 5 nitrogen and oxygen atoms in total. The van der Waals surface area contributed by atoms with Crippen molar-refractivity contribution in [2.24, 2.45) is 5.73 Å². The lowest BCUT2D eigenvalue weighted by molar-refractivity contribution is 0.203. The van der Waals surface area contributed by atoms with Crippen LogP contribution in [0.3, 0.4) is 0 Å². The molecule has 94 valence electrons. The van der Waals surface area contributed by atoms with Gasteiger partial charge >= 0.3 is 0 Å². The van der Waals surface area contributed by atoms with Gasteiger partial charge in [-0.15, -0.1) is 0 Å². The minimum Gasteiger partial charge on any atom is -0.488 e. The van der Waals surface area contributed by atoms with Crippen molar-refractivity contribution in [1.82, 2.24) is 14.8 Å². The molecular formula is C12H13FN4O. The highest BCUT2D eigenvalue weighted by Gasteiger charge is 2.23. The molecule has 0 fully saturated rings. The van der Waals surface area contributed by atoms with Crippen LogP contribution in [0.1, 0.15) is 11.4 Å². The van der Waals surface area contributed by atoms with Gasteiger partial charge in [-0.05, 0) is 18.2 Å². The summed E-state index contributed by atoms with van der Waals surface area (Å²) in [6.45, 7) is 0.910. The molecule has 0 spiro atoms. The van der Waals surface area contributed by atoms with E-state index in [0.717, 1.165) is 11.3 Å². The van der Waals surface area contributed by atoms with Crippen LogP contribution in [0.4, 0.5) is 4.39 Å². The van der Waals surface area contributed by atoms with Crippen LogP contribution < -0.4 is 10.5 Å². The molecule has 0 aliphatic carbocycles. The number of aromatic nitrogens is 3. The summed E-state index contributed by atoms with van der Waals surface area (Å²) in [5.74, 6) is 1.13. The number of ether oxygens (including phenoxy) is 1. The van der Waals surface area contributed by atoms with Crippen LogP contribution in [0.2, 0.25) is 0 Å². The number of rotatable bonds is 3. The summed E-state index contributed by atoms with van der Waals surface area (Å²) >= 11 is 0. The number of hydrogen-bond donors (Lipinski definition) is 1. The van der Waals surface area contributed by atoms with Crippen LogP contribution in [0.15, 0.2) is 24.5 Å². The van der Waals surface area contributed by atoms with Gasteiger partial charge in [0.05, 0.1) is 13.1 Å². The van der Waals surface area contributed by atoms with Crippen LogP contribution in [-0.2, 0) is 19.5 Å². The molecule has 1 aliphatic rings. The number of halogens is 1. The van der Waals surface area contributed by atoms with Crippen LogP contribution >= 0.6 is 0 Å². The fraction of sp³-hybridized carbons (Fsp3) is 0.333. The van der Waals surface area contributed by atoms with Gasteiger partial charge in [-0.1, -0.05) is 0 Å². The fourth-order valence-electron chi connectivity index (χ4n) is 2.11. The Bertz CT molecular complexity index is 569. The third kappa shape index (κ3) is 2.06. The largest absolute Gasteiger partial charge is 0.488 e. The van der Waals surface area contributed by atoms with Crippen molar-refractivity contribution < 1.29 is 9.13 Å². The molecule has 0 saturated carbocycles. The number of nitrogens with zero attached hydrogens (tertiary/aromatic N) is 3. The Hall–Kier alpha value is -1.95. The molecule has 2 heterocycles. The summed E-state index contributed by atoms with van der Waals surface area (Å²) in [5, 5.41) is 4.20. The monoisotopic (exact) mass is 248 g/mol. The van der Waals surface area contributed by atoms with E-state index in [1.165, 1.54) is 12.1 Å². The first-order chi connectivity index (χ1) is 8.74. The molecule has 18 heavy (non-hydrogen) atoms. The third-order valence-electron chi connectivity index (χ3n) is 2.92. The number of fused-ring (bicyclic) bond motifs is 1. The molecule has 1 atom stereocenters. The molecule has 0 bridgehead atoms. The zero-order chi connectivity index (χ0) is 12.5. The van der Waals surface area contributed by atoms with E-state index in [4.69, 9.17) is 10.5 Å². The standard InChI is InChI=1S/C12H13FN4O/c13-9-1-2-11-8(3-9)4-10(18-11)6-17-7-15-12(5-14)16-17/h1-3,7,10H,4-6,14H2. The molecule has 1 aliphatic heterocycles. The van der Waals surface area contributed by atoms with Gasteiger partial charge in [0.2, 0.25) is 0 Å². The van der Waals surface area contributed by atoms with Crippen LogP contribution in [0, 0.1) is 5.82 Å². The Kier molecular flexibility index (Phi) is 2.71. The molecule has 0 amide bonds. The molecule has 6 heteroatoms. The van der Waals surface area contributed by atoms with Crippen molar-refractivity contribution in [3.05, 3.63) is 41.7 Å². The number of nitrogens with two attached hydrogens (primary N) is 1. The molecule has 2 aromatic rings. The molecule has 1 aromatic heterocycles. The molecule has 1 aromatic carbocycles. The fourth-order valence-corrected chi connectivity index (χ4v) is 2.11. The summed E-state index contributed by atoms with van der Waals surface area (Å²) in [5.41, 5.74) is 6.35. The van der Waals surface area contributed by atoms with E-state index in [2.05, 4.69) is 10.1 Å².